The number of halogens is 1. The average molecular weight is 377 g/mol. The molecule has 7 nitrogen and oxygen atoms in total. The van der Waals surface area contributed by atoms with Gasteiger partial charge in [-0.2, -0.15) is 0 Å². The minimum absolute atomic E-state index is 0.151. The molecule has 0 aromatic heterocycles. The van der Waals surface area contributed by atoms with E-state index in [1.807, 2.05) is 26.0 Å². The molecule has 0 bridgehead atoms. The van der Waals surface area contributed by atoms with Crippen molar-refractivity contribution in [2.24, 2.45) is 0 Å². The largest absolute Gasteiger partial charge is 0.452 e. The van der Waals surface area contributed by atoms with E-state index in [1.165, 1.54) is 6.07 Å². The third-order valence-corrected chi connectivity index (χ3v) is 3.80. The minimum Gasteiger partial charge on any atom is -0.452 e. The number of carbonyl (C=O) groups is 2. The molecule has 0 unspecified atom stereocenters. The second-order valence-corrected chi connectivity index (χ2v) is 6.22. The molecule has 8 heteroatoms. The van der Waals surface area contributed by atoms with Gasteiger partial charge in [-0.15, -0.1) is 0 Å². The van der Waals surface area contributed by atoms with Crippen molar-refractivity contribution in [3.05, 3.63) is 68.7 Å². The second-order valence-electron chi connectivity index (χ2n) is 5.78. The Morgan fingerprint density at radius 3 is 2.58 bits per heavy atom. The Balaban J connectivity index is 2.06. The number of nitrogens with one attached hydrogen (secondary N) is 1. The molecule has 1 N–H and O–H groups in total. The normalized spacial score (nSPS) is 10.5. The first-order valence-corrected chi connectivity index (χ1v) is 8.17. The minimum atomic E-state index is -0.994. The van der Waals surface area contributed by atoms with Crippen molar-refractivity contribution in [3.63, 3.8) is 0 Å². The molecule has 0 aliphatic heterocycles. The van der Waals surface area contributed by atoms with Crippen LogP contribution in [0.2, 0.25) is 5.02 Å². The van der Waals surface area contributed by atoms with Crippen molar-refractivity contribution in [2.75, 3.05) is 11.9 Å². The number of amides is 1. The van der Waals surface area contributed by atoms with Crippen molar-refractivity contribution >= 4 is 34.9 Å². The van der Waals surface area contributed by atoms with Crippen LogP contribution in [0, 0.1) is 10.1 Å². The first-order valence-electron chi connectivity index (χ1n) is 7.79. The monoisotopic (exact) mass is 376 g/mol. The number of nitro groups is 1. The van der Waals surface area contributed by atoms with E-state index in [4.69, 9.17) is 16.3 Å². The lowest BCUT2D eigenvalue weighted by Gasteiger charge is -2.13. The highest BCUT2D eigenvalue weighted by Crippen LogP contribution is 2.25. The number of hydrogen-bond donors (Lipinski definition) is 1. The number of ether oxygens (including phenoxy) is 1. The number of nitrogens with zero attached hydrogens (tertiary/aromatic N) is 1. The highest BCUT2D eigenvalue weighted by atomic mass is 35.5. The summed E-state index contributed by atoms with van der Waals surface area (Å²) in [5.41, 5.74) is 0.817. The zero-order valence-corrected chi connectivity index (χ0v) is 14.9. The summed E-state index contributed by atoms with van der Waals surface area (Å²) in [5.74, 6) is -1.34. The summed E-state index contributed by atoms with van der Waals surface area (Å²) >= 11 is 5.77. The molecule has 0 atom stereocenters. The van der Waals surface area contributed by atoms with Gasteiger partial charge in [0, 0.05) is 16.8 Å². The zero-order chi connectivity index (χ0) is 19.3. The van der Waals surface area contributed by atoms with Crippen LogP contribution in [0.15, 0.2) is 42.5 Å². The SMILES string of the molecule is CC(C)c1ccccc1NC(=O)COC(=O)c1cc(Cl)ccc1[N+](=O)[O-]. The van der Waals surface area contributed by atoms with Crippen LogP contribution in [0.5, 0.6) is 0 Å². The number of rotatable bonds is 6. The second kappa shape index (κ2) is 8.44. The lowest BCUT2D eigenvalue weighted by molar-refractivity contribution is -0.385. The van der Waals surface area contributed by atoms with Crippen LogP contribution in [-0.4, -0.2) is 23.4 Å². The molecular weight excluding hydrogens is 360 g/mol. The fourth-order valence-corrected chi connectivity index (χ4v) is 2.51. The summed E-state index contributed by atoms with van der Waals surface area (Å²) in [5, 5.41) is 13.8. The van der Waals surface area contributed by atoms with Crippen LogP contribution in [0.25, 0.3) is 0 Å². The van der Waals surface area contributed by atoms with Crippen LogP contribution in [0.4, 0.5) is 11.4 Å². The smallest absolute Gasteiger partial charge is 0.345 e. The fourth-order valence-electron chi connectivity index (χ4n) is 2.34. The van der Waals surface area contributed by atoms with Gasteiger partial charge >= 0.3 is 5.97 Å². The molecule has 2 aromatic rings. The van der Waals surface area contributed by atoms with Gasteiger partial charge in [-0.1, -0.05) is 43.6 Å². The first-order chi connectivity index (χ1) is 12.3. The van der Waals surface area contributed by atoms with Crippen molar-refractivity contribution in [1.29, 1.82) is 0 Å². The molecule has 0 radical (unpaired) electrons. The number of esters is 1. The van der Waals surface area contributed by atoms with Crippen molar-refractivity contribution < 1.29 is 19.2 Å². The van der Waals surface area contributed by atoms with Crippen LogP contribution >= 0.6 is 11.6 Å². The van der Waals surface area contributed by atoms with E-state index in [-0.39, 0.29) is 16.5 Å². The summed E-state index contributed by atoms with van der Waals surface area (Å²) in [6.07, 6.45) is 0. The molecule has 26 heavy (non-hydrogen) atoms. The van der Waals surface area contributed by atoms with Crippen LogP contribution in [-0.2, 0) is 9.53 Å². The van der Waals surface area contributed by atoms with E-state index < -0.39 is 29.1 Å². The van der Waals surface area contributed by atoms with Crippen molar-refractivity contribution in [1.82, 2.24) is 0 Å². The third kappa shape index (κ3) is 4.80. The molecule has 2 aromatic carbocycles. The molecule has 0 aliphatic carbocycles. The number of para-hydroxylation sites is 1. The van der Waals surface area contributed by atoms with Gasteiger partial charge in [-0.3, -0.25) is 14.9 Å². The Hall–Kier alpha value is -2.93. The Morgan fingerprint density at radius 2 is 1.92 bits per heavy atom. The number of benzene rings is 2. The van der Waals surface area contributed by atoms with E-state index in [0.717, 1.165) is 17.7 Å². The quantitative estimate of drug-likeness (QED) is 0.463. The van der Waals surface area contributed by atoms with Gasteiger partial charge in [0.1, 0.15) is 5.56 Å². The maximum atomic E-state index is 12.1. The van der Waals surface area contributed by atoms with Crippen molar-refractivity contribution in [3.8, 4) is 0 Å². The summed E-state index contributed by atoms with van der Waals surface area (Å²) < 4.78 is 4.89. The van der Waals surface area contributed by atoms with Crippen molar-refractivity contribution in [2.45, 2.75) is 19.8 Å². The molecule has 0 spiro atoms. The van der Waals surface area contributed by atoms with Crippen LogP contribution < -0.4 is 5.32 Å². The van der Waals surface area contributed by atoms with E-state index in [0.29, 0.717) is 5.69 Å². The Bertz CT molecular complexity index is 851. The van der Waals surface area contributed by atoms with Gasteiger partial charge in [-0.25, -0.2) is 4.79 Å². The average Bonchev–Trinajstić information content (AvgIpc) is 2.59. The number of nitro benzene ring substituents is 1. The predicted molar refractivity (Wildman–Crippen MR) is 97.5 cm³/mol. The number of carbonyl (C=O) groups excluding carboxylic acids is 2. The lowest BCUT2D eigenvalue weighted by Crippen LogP contribution is -2.22. The molecule has 136 valence electrons. The van der Waals surface area contributed by atoms with Gasteiger partial charge < -0.3 is 10.1 Å². The lowest BCUT2D eigenvalue weighted by atomic mass is 10.0. The number of hydrogen-bond acceptors (Lipinski definition) is 5. The summed E-state index contributed by atoms with van der Waals surface area (Å²) in [6.45, 7) is 3.40. The maximum Gasteiger partial charge on any atom is 0.345 e. The molecule has 0 saturated heterocycles. The molecule has 0 saturated carbocycles. The predicted octanol–water partition coefficient (Wildman–Crippen LogP) is 4.17. The Kier molecular flexibility index (Phi) is 6.30. The summed E-state index contributed by atoms with van der Waals surface area (Å²) in [7, 11) is 0. The molecule has 1 amide bonds. The van der Waals surface area contributed by atoms with Gasteiger partial charge in [0.25, 0.3) is 11.6 Å². The van der Waals surface area contributed by atoms with E-state index in [9.17, 15) is 19.7 Å². The molecule has 2 rings (SSSR count). The Labute approximate surface area is 155 Å². The molecule has 0 aliphatic rings. The fraction of sp³-hybridized carbons (Fsp3) is 0.222. The molecule has 0 heterocycles. The summed E-state index contributed by atoms with van der Waals surface area (Å²) in [6, 6.07) is 10.8. The first kappa shape index (κ1) is 19.4. The van der Waals surface area contributed by atoms with E-state index >= 15 is 0 Å². The van der Waals surface area contributed by atoms with Crippen LogP contribution in [0.1, 0.15) is 35.7 Å². The standard InChI is InChI=1S/C18H17ClN2O5/c1-11(2)13-5-3-4-6-15(13)20-17(22)10-26-18(23)14-9-12(19)7-8-16(14)21(24)25/h3-9,11H,10H2,1-2H3,(H,20,22). The Morgan fingerprint density at radius 1 is 1.23 bits per heavy atom. The molecule has 0 fully saturated rings. The van der Waals surface area contributed by atoms with E-state index in [2.05, 4.69) is 5.32 Å². The molecular formula is C18H17ClN2O5. The number of anilines is 1. The third-order valence-electron chi connectivity index (χ3n) is 3.57. The van der Waals surface area contributed by atoms with Crippen LogP contribution in [0.3, 0.4) is 0 Å². The topological polar surface area (TPSA) is 98.5 Å². The van der Waals surface area contributed by atoms with Gasteiger partial charge in [0.15, 0.2) is 6.61 Å². The van der Waals surface area contributed by atoms with Gasteiger partial charge in [0.05, 0.1) is 4.92 Å². The zero-order valence-electron chi connectivity index (χ0n) is 14.2. The van der Waals surface area contributed by atoms with Gasteiger partial charge in [0.2, 0.25) is 0 Å². The summed E-state index contributed by atoms with van der Waals surface area (Å²) in [4.78, 5) is 34.4. The van der Waals surface area contributed by atoms with Gasteiger partial charge in [-0.05, 0) is 29.7 Å². The highest BCUT2D eigenvalue weighted by molar-refractivity contribution is 6.31. The highest BCUT2D eigenvalue weighted by Gasteiger charge is 2.22. The maximum absolute atomic E-state index is 12.1. The van der Waals surface area contributed by atoms with E-state index in [1.54, 1.807) is 12.1 Å².